The number of alkyl halides is 3. The number of thiazole rings is 1. The Morgan fingerprint density at radius 2 is 1.91 bits per heavy atom. The number of nitrogens with zero attached hydrogens (tertiary/aromatic N) is 4. The number of fused-ring (bicyclic) bond motifs is 1. The molecule has 33 heavy (non-hydrogen) atoms. The van der Waals surface area contributed by atoms with Gasteiger partial charge in [-0.15, -0.1) is 0 Å². The molecule has 176 valence electrons. The smallest absolute Gasteiger partial charge is 0.416 e. The molecule has 1 fully saturated rings. The third kappa shape index (κ3) is 4.18. The molecule has 2 aromatic heterocycles. The molecule has 0 bridgehead atoms. The third-order valence-corrected chi connectivity index (χ3v) is 8.20. The van der Waals surface area contributed by atoms with Gasteiger partial charge < -0.3 is 10.0 Å². The highest BCUT2D eigenvalue weighted by molar-refractivity contribution is 7.89. The van der Waals surface area contributed by atoms with Crippen molar-refractivity contribution in [2.75, 3.05) is 24.5 Å². The van der Waals surface area contributed by atoms with Crippen LogP contribution in [0.15, 0.2) is 34.0 Å². The normalized spacial score (nSPS) is 18.1. The van der Waals surface area contributed by atoms with E-state index in [1.165, 1.54) is 0 Å². The second-order valence-electron chi connectivity index (χ2n) is 7.25. The van der Waals surface area contributed by atoms with Crippen LogP contribution >= 0.6 is 11.3 Å². The predicted molar refractivity (Wildman–Crippen MR) is 112 cm³/mol. The summed E-state index contributed by atoms with van der Waals surface area (Å²) >= 11 is 1.03. The minimum absolute atomic E-state index is 0.0633. The topological polar surface area (TPSA) is 137 Å². The van der Waals surface area contributed by atoms with Gasteiger partial charge in [-0.05, 0) is 31.2 Å². The van der Waals surface area contributed by atoms with E-state index in [2.05, 4.69) is 15.2 Å². The van der Waals surface area contributed by atoms with Crippen LogP contribution in [-0.4, -0.2) is 64.7 Å². The average Bonchev–Trinajstić information content (AvgIpc) is 3.22. The van der Waals surface area contributed by atoms with Crippen molar-refractivity contribution in [3.8, 4) is 0 Å². The second kappa shape index (κ2) is 8.07. The van der Waals surface area contributed by atoms with Gasteiger partial charge in [0.05, 0.1) is 16.2 Å². The van der Waals surface area contributed by atoms with Crippen molar-refractivity contribution in [1.29, 1.82) is 0 Å². The number of rotatable bonds is 4. The molecule has 1 aliphatic heterocycles. The van der Waals surface area contributed by atoms with Gasteiger partial charge in [-0.2, -0.15) is 22.6 Å². The summed E-state index contributed by atoms with van der Waals surface area (Å²) < 4.78 is 65.5. The molecule has 1 atom stereocenters. The van der Waals surface area contributed by atoms with Gasteiger partial charge in [-0.3, -0.25) is 9.59 Å². The molecule has 1 aliphatic rings. The quantitative estimate of drug-likeness (QED) is 0.549. The van der Waals surface area contributed by atoms with Crippen LogP contribution in [0.4, 0.5) is 18.3 Å². The number of aryl methyl sites for hydroxylation is 1. The molecule has 10 nitrogen and oxygen atoms in total. The lowest BCUT2D eigenvalue weighted by atomic mass is 10.2. The van der Waals surface area contributed by atoms with Crippen LogP contribution in [0.2, 0.25) is 0 Å². The number of halogens is 3. The number of piperazine rings is 1. The van der Waals surface area contributed by atoms with Crippen molar-refractivity contribution < 1.29 is 31.5 Å². The van der Waals surface area contributed by atoms with Crippen molar-refractivity contribution in [3.63, 3.8) is 0 Å². The number of nitrogens with one attached hydrogen (secondary N) is 1. The highest BCUT2D eigenvalue weighted by atomic mass is 32.2. The highest BCUT2D eigenvalue weighted by Crippen LogP contribution is 2.32. The fraction of sp³-hybridized carbons (Fsp3) is 0.333. The maximum absolute atomic E-state index is 13.0. The summed E-state index contributed by atoms with van der Waals surface area (Å²) in [5, 5.41) is 16.2. The zero-order valence-electron chi connectivity index (χ0n) is 16.8. The van der Waals surface area contributed by atoms with Crippen LogP contribution < -0.4 is 10.5 Å². The van der Waals surface area contributed by atoms with E-state index >= 15 is 0 Å². The number of aromatic amines is 1. The van der Waals surface area contributed by atoms with E-state index in [1.807, 2.05) is 0 Å². The van der Waals surface area contributed by atoms with Crippen LogP contribution in [0.1, 0.15) is 11.3 Å². The molecule has 1 aromatic carbocycles. The van der Waals surface area contributed by atoms with E-state index in [1.54, 1.807) is 11.8 Å². The van der Waals surface area contributed by atoms with E-state index in [-0.39, 0.29) is 19.6 Å². The fourth-order valence-corrected chi connectivity index (χ4v) is 6.07. The van der Waals surface area contributed by atoms with Gasteiger partial charge in [-0.1, -0.05) is 11.3 Å². The number of hydrogen-bond acceptors (Lipinski definition) is 8. The minimum Gasteiger partial charge on any atom is -0.480 e. The Morgan fingerprint density at radius 3 is 2.48 bits per heavy atom. The molecule has 1 saturated heterocycles. The molecule has 3 heterocycles. The monoisotopic (exact) mass is 503 g/mol. The number of anilines is 1. The molecule has 2 N–H and O–H groups in total. The Bertz CT molecular complexity index is 1390. The van der Waals surface area contributed by atoms with Gasteiger partial charge in [0, 0.05) is 19.6 Å². The summed E-state index contributed by atoms with van der Waals surface area (Å²) in [5.41, 5.74) is -0.620. The average molecular weight is 503 g/mol. The summed E-state index contributed by atoms with van der Waals surface area (Å²) in [7, 11) is -4.39. The minimum atomic E-state index is -4.63. The van der Waals surface area contributed by atoms with Crippen molar-refractivity contribution in [2.45, 2.75) is 24.0 Å². The maximum atomic E-state index is 13.0. The van der Waals surface area contributed by atoms with Crippen molar-refractivity contribution in [3.05, 3.63) is 45.9 Å². The number of aromatic nitrogens is 3. The van der Waals surface area contributed by atoms with E-state index in [9.17, 15) is 36.3 Å². The summed E-state index contributed by atoms with van der Waals surface area (Å²) in [4.78, 5) is 29.4. The van der Waals surface area contributed by atoms with Crippen LogP contribution in [0, 0.1) is 6.92 Å². The SMILES string of the molecule is Cc1n[nH]c(=O)c2sc(N3CCN(S(=O)(=O)c4ccc(C(F)(F)F)cc4)[C@@H](C(=O)O)C3)nc12. The number of sulfonamides is 1. The van der Waals surface area contributed by atoms with Gasteiger partial charge in [0.1, 0.15) is 16.3 Å². The van der Waals surface area contributed by atoms with E-state index < -0.39 is 44.2 Å². The van der Waals surface area contributed by atoms with Crippen molar-refractivity contribution in [1.82, 2.24) is 19.5 Å². The molecule has 0 radical (unpaired) electrons. The zero-order valence-corrected chi connectivity index (χ0v) is 18.5. The van der Waals surface area contributed by atoms with Gasteiger partial charge in [0.15, 0.2) is 5.13 Å². The molecule has 0 spiro atoms. The number of carbonyl (C=O) groups is 1. The molecule has 0 saturated carbocycles. The van der Waals surface area contributed by atoms with Gasteiger partial charge in [0.25, 0.3) is 5.56 Å². The molecular weight excluding hydrogens is 487 g/mol. The van der Waals surface area contributed by atoms with Gasteiger partial charge in [0.2, 0.25) is 10.0 Å². The number of benzene rings is 1. The van der Waals surface area contributed by atoms with Crippen LogP contribution in [0.5, 0.6) is 0 Å². The third-order valence-electron chi connectivity index (χ3n) is 5.17. The fourth-order valence-electron chi connectivity index (χ4n) is 3.46. The molecule has 4 rings (SSSR count). The first-order chi connectivity index (χ1) is 15.4. The first-order valence-electron chi connectivity index (χ1n) is 9.42. The van der Waals surface area contributed by atoms with Gasteiger partial charge >= 0.3 is 12.1 Å². The summed E-state index contributed by atoms with van der Waals surface area (Å²) in [5.74, 6) is -1.42. The largest absolute Gasteiger partial charge is 0.480 e. The Hall–Kier alpha value is -3.04. The number of carboxylic acids is 1. The second-order valence-corrected chi connectivity index (χ2v) is 10.1. The van der Waals surface area contributed by atoms with Crippen molar-refractivity contribution in [2.24, 2.45) is 0 Å². The van der Waals surface area contributed by atoms with Gasteiger partial charge in [-0.25, -0.2) is 18.5 Å². The lowest BCUT2D eigenvalue weighted by molar-refractivity contribution is -0.141. The number of aliphatic carboxylic acids is 1. The Kier molecular flexibility index (Phi) is 5.66. The van der Waals surface area contributed by atoms with Crippen molar-refractivity contribution >= 4 is 42.7 Å². The van der Waals surface area contributed by atoms with Crippen LogP contribution in [0.25, 0.3) is 10.2 Å². The zero-order chi connectivity index (χ0) is 24.1. The number of hydrogen-bond donors (Lipinski definition) is 2. The maximum Gasteiger partial charge on any atom is 0.416 e. The van der Waals surface area contributed by atoms with Crippen LogP contribution in [0.3, 0.4) is 0 Å². The van der Waals surface area contributed by atoms with Crippen LogP contribution in [-0.2, 0) is 21.0 Å². The number of H-pyrrole nitrogens is 1. The Morgan fingerprint density at radius 1 is 1.24 bits per heavy atom. The standard InChI is InChI=1S/C18H16F3N5O5S2/c1-9-13-14(15(27)24-23-9)32-17(22-13)25-6-7-26(12(8-25)16(28)29)33(30,31)11-4-2-10(3-5-11)18(19,20)21/h2-5,12H,6-8H2,1H3,(H,24,27)(H,28,29)/t12-/m1/s1. The summed E-state index contributed by atoms with van der Waals surface area (Å²) in [6, 6.07) is 1.36. The molecule has 0 amide bonds. The van der Waals surface area contributed by atoms with E-state index in [0.29, 0.717) is 33.2 Å². The predicted octanol–water partition coefficient (Wildman–Crippen LogP) is 1.67. The van der Waals surface area contributed by atoms with E-state index in [0.717, 1.165) is 27.8 Å². The molecule has 0 aliphatic carbocycles. The lowest BCUT2D eigenvalue weighted by Gasteiger charge is -2.38. The molecule has 0 unspecified atom stereocenters. The molecule has 15 heteroatoms. The lowest BCUT2D eigenvalue weighted by Crippen LogP contribution is -2.58. The summed E-state index contributed by atoms with van der Waals surface area (Å²) in [6.07, 6.45) is -4.63. The Labute approximate surface area is 188 Å². The highest BCUT2D eigenvalue weighted by Gasteiger charge is 2.41. The Balaban J connectivity index is 1.64. The molecule has 3 aromatic rings. The summed E-state index contributed by atoms with van der Waals surface area (Å²) in [6.45, 7) is 1.20. The number of carboxylic acid groups (broad SMARTS) is 1. The first kappa shape index (κ1) is 23.1. The van der Waals surface area contributed by atoms with E-state index in [4.69, 9.17) is 0 Å². The first-order valence-corrected chi connectivity index (χ1v) is 11.7. The molecular formula is C18H16F3N5O5S2.